The summed E-state index contributed by atoms with van der Waals surface area (Å²) in [6.07, 6.45) is -16.5. The number of fused-ring (bicyclic) bond motifs is 2. The maximum Gasteiger partial charge on any atom is 0.469 e. The molecule has 61 heavy (non-hydrogen) atoms. The molecule has 0 spiro atoms. The van der Waals surface area contributed by atoms with Gasteiger partial charge in [-0.1, -0.05) is 0 Å². The van der Waals surface area contributed by atoms with Crippen LogP contribution < -0.4 is 41.5 Å². The summed E-state index contributed by atoms with van der Waals surface area (Å²) in [6.45, 7) is -1.88. The standard InChI is InChI=1S/C28H41N10O20P3/c1-35-8-37(21-15(35)23(43)33-27(29)31-21)25-19(41)17(39)13(54-25)6-52-60(48,49)57-11-3-10(56-59(45,46)47)4-12(5-11)58-61(50,51)53-7-14-18(40)20(42)26(55-14)38-9-36(2)16-22(38)32-28(30)34-24(16)44/h8-14,17-20,25-26,39-42H,3-7H2,1-2H3,(H8-2,29,30,31,32,33,34,43,44,45,46,47,48,49,50,51)/t10-,11+,12-,13-,14-,17-,18-,19-,20-,25-,26-/m1/s1. The third kappa shape index (κ3) is 9.66. The van der Waals surface area contributed by atoms with Gasteiger partial charge in [-0.15, -0.1) is 0 Å². The number of imidazole rings is 2. The molecular weight excluding hydrogens is 889 g/mol. The Kier molecular flexibility index (Phi) is 12.5. The fourth-order valence-corrected chi connectivity index (χ4v) is 9.90. The van der Waals surface area contributed by atoms with Gasteiger partial charge in [0, 0.05) is 19.3 Å². The van der Waals surface area contributed by atoms with E-state index in [-0.39, 0.29) is 34.2 Å². The highest BCUT2D eigenvalue weighted by Gasteiger charge is 2.50. The molecule has 7 rings (SSSR count). The van der Waals surface area contributed by atoms with E-state index in [2.05, 4.69) is 19.9 Å². The van der Waals surface area contributed by atoms with Gasteiger partial charge in [0.15, 0.2) is 0 Å². The highest BCUT2D eigenvalue weighted by Crippen LogP contribution is 2.50. The third-order valence-electron chi connectivity index (χ3n) is 10.0. The van der Waals surface area contributed by atoms with Crippen LogP contribution in [-0.2, 0) is 59.9 Å². The predicted molar refractivity (Wildman–Crippen MR) is 191 cm³/mol. The second-order valence-corrected chi connectivity index (χ2v) is 18.4. The van der Waals surface area contributed by atoms with E-state index in [1.54, 1.807) is 0 Å². The minimum Gasteiger partial charge on any atom is -0.756 e. The Labute approximate surface area is 340 Å². The number of aromatic nitrogens is 8. The minimum absolute atomic E-state index is 0.0315. The van der Waals surface area contributed by atoms with Gasteiger partial charge in [-0.05, 0) is 0 Å². The molecule has 0 amide bonds. The van der Waals surface area contributed by atoms with Crippen molar-refractivity contribution in [3.8, 4) is 0 Å². The van der Waals surface area contributed by atoms with Crippen LogP contribution in [0, 0.1) is 0 Å². The first-order chi connectivity index (χ1) is 28.4. The highest BCUT2D eigenvalue weighted by atomic mass is 31.2. The summed E-state index contributed by atoms with van der Waals surface area (Å²) in [6, 6.07) is 0. The molecule has 338 valence electrons. The second-order valence-electron chi connectivity index (χ2n) is 14.5. The number of aliphatic hydroxyl groups is 4. The number of nitrogens with one attached hydrogen (secondary N) is 2. The lowest BCUT2D eigenvalue weighted by atomic mass is 9.93. The van der Waals surface area contributed by atoms with Crippen molar-refractivity contribution >= 4 is 57.7 Å². The summed E-state index contributed by atoms with van der Waals surface area (Å²) in [5, 5.41) is 42.9. The lowest BCUT2D eigenvalue weighted by Crippen LogP contribution is -2.38. The molecule has 1 aliphatic carbocycles. The number of aryl methyl sites for hydroxylation is 2. The second kappa shape index (κ2) is 16.8. The summed E-state index contributed by atoms with van der Waals surface area (Å²) in [7, 11) is -13.1. The van der Waals surface area contributed by atoms with Crippen molar-refractivity contribution in [2.45, 2.75) is 86.7 Å². The Bertz CT molecular complexity index is 2400. The van der Waals surface area contributed by atoms with Gasteiger partial charge in [-0.2, -0.15) is 19.1 Å². The van der Waals surface area contributed by atoms with Crippen LogP contribution in [0.4, 0.5) is 11.9 Å². The molecule has 2 aliphatic heterocycles. The molecule has 6 heterocycles. The maximum atomic E-state index is 13.0. The number of phosphoric ester groups is 3. The molecule has 0 radical (unpaired) electrons. The number of nitrogens with two attached hydrogens (primary N) is 2. The number of hydrogen-bond donors (Lipinski definition) is 10. The van der Waals surface area contributed by atoms with Crippen molar-refractivity contribution in [2.75, 3.05) is 24.7 Å². The number of H-pyrrole nitrogens is 2. The zero-order chi connectivity index (χ0) is 44.5. The molecule has 13 atom stereocenters. The van der Waals surface area contributed by atoms with Gasteiger partial charge in [-0.3, -0.25) is 33.2 Å². The van der Waals surface area contributed by atoms with E-state index in [9.17, 15) is 63.3 Å². The topological polar surface area (TPSA) is 444 Å². The average molecular weight is 931 g/mol. The van der Waals surface area contributed by atoms with Crippen LogP contribution in [0.5, 0.6) is 0 Å². The average Bonchev–Trinajstić information content (AvgIpc) is 3.82. The van der Waals surface area contributed by atoms with Gasteiger partial charge in [-0.25, -0.2) is 13.7 Å². The maximum absolute atomic E-state index is 13.0. The summed E-state index contributed by atoms with van der Waals surface area (Å²) in [5.74, 6) is -0.528. The molecule has 4 aromatic heterocycles. The van der Waals surface area contributed by atoms with Gasteiger partial charge in [0.05, 0.1) is 45.6 Å². The molecule has 30 nitrogen and oxygen atoms in total. The normalized spacial score (nSPS) is 31.8. The molecule has 0 aromatic carbocycles. The van der Waals surface area contributed by atoms with Crippen molar-refractivity contribution in [1.82, 2.24) is 29.1 Å². The van der Waals surface area contributed by atoms with E-state index in [1.165, 1.54) is 45.0 Å². The number of aromatic amines is 2. The van der Waals surface area contributed by atoms with E-state index >= 15 is 0 Å². The molecule has 3 aliphatic rings. The first kappa shape index (κ1) is 45.4. The zero-order valence-corrected chi connectivity index (χ0v) is 34.3. The summed E-state index contributed by atoms with van der Waals surface area (Å²) >= 11 is 0. The third-order valence-corrected chi connectivity index (χ3v) is 12.6. The van der Waals surface area contributed by atoms with Crippen molar-refractivity contribution < 1.29 is 94.9 Å². The molecule has 1 saturated carbocycles. The number of anilines is 2. The van der Waals surface area contributed by atoms with E-state index in [0.29, 0.717) is 0 Å². The number of ether oxygens (including phenoxy) is 2. The van der Waals surface area contributed by atoms with Crippen LogP contribution in [0.3, 0.4) is 0 Å². The van der Waals surface area contributed by atoms with Crippen LogP contribution in [0.25, 0.3) is 22.3 Å². The number of nitrogen functional groups attached to an aromatic ring is 2. The van der Waals surface area contributed by atoms with Crippen molar-refractivity contribution in [3.05, 3.63) is 33.4 Å². The lowest BCUT2D eigenvalue weighted by Gasteiger charge is -2.39. The minimum atomic E-state index is -5.44. The Balaban J connectivity index is 0.979. The van der Waals surface area contributed by atoms with Gasteiger partial charge in [0.2, 0.25) is 37.0 Å². The lowest BCUT2D eigenvalue weighted by molar-refractivity contribution is -0.646. The number of rotatable bonds is 14. The van der Waals surface area contributed by atoms with E-state index < -0.39 is 134 Å². The molecule has 2 saturated heterocycles. The van der Waals surface area contributed by atoms with E-state index in [4.69, 9.17) is 43.6 Å². The number of hydrogen-bond acceptors (Lipinski definition) is 22. The van der Waals surface area contributed by atoms with Gasteiger partial charge >= 0.3 is 18.9 Å². The van der Waals surface area contributed by atoms with Crippen LogP contribution >= 0.6 is 23.5 Å². The van der Waals surface area contributed by atoms with Crippen LogP contribution in [0.15, 0.2) is 22.2 Å². The highest BCUT2D eigenvalue weighted by molar-refractivity contribution is 7.46. The van der Waals surface area contributed by atoms with Crippen molar-refractivity contribution in [2.24, 2.45) is 14.1 Å². The SMILES string of the molecule is C[n+]1cn([C@@H]2O[C@H](COP(=O)([O-])O[C@@H]3C[C@H](OP(=O)(O)O)C[C@H](OP(=O)([O-])OC[C@H]4O[C@@H](n5c[n+](C)c6c(=O)[nH]c(N)nc65)[C@H](O)[C@@H]4O)C3)[C@@H](O)[C@H]2O)c2nc(N)[nH]c(=O)c21. The first-order valence-electron chi connectivity index (χ1n) is 18.0. The molecule has 4 aromatic rings. The summed E-state index contributed by atoms with van der Waals surface area (Å²) in [4.78, 5) is 82.5. The van der Waals surface area contributed by atoms with E-state index in [1.807, 2.05) is 0 Å². The van der Waals surface area contributed by atoms with Crippen molar-refractivity contribution in [1.29, 1.82) is 0 Å². The Hall–Kier alpha value is -3.61. The van der Waals surface area contributed by atoms with Crippen molar-refractivity contribution in [3.63, 3.8) is 0 Å². The Morgan fingerprint density at radius 2 is 1.08 bits per heavy atom. The predicted octanol–water partition coefficient (Wildman–Crippen LogP) is -6.08. The fourth-order valence-electron chi connectivity index (χ4n) is 7.48. The molecule has 3 fully saturated rings. The molecule has 2 unspecified atom stereocenters. The number of nitrogens with zero attached hydrogens (tertiary/aromatic N) is 6. The van der Waals surface area contributed by atoms with Crippen LogP contribution in [0.2, 0.25) is 0 Å². The van der Waals surface area contributed by atoms with Gasteiger partial charge in [0.1, 0.15) is 36.6 Å². The molecule has 33 heteroatoms. The Morgan fingerprint density at radius 1 is 0.721 bits per heavy atom. The summed E-state index contributed by atoms with van der Waals surface area (Å²) < 4.78 is 78.9. The van der Waals surface area contributed by atoms with Gasteiger partial charge < -0.3 is 79.0 Å². The summed E-state index contributed by atoms with van der Waals surface area (Å²) in [5.41, 5.74) is 10.1. The monoisotopic (exact) mass is 930 g/mol. The van der Waals surface area contributed by atoms with E-state index in [0.717, 1.165) is 0 Å². The number of phosphoric acid groups is 3. The fraction of sp³-hybridized carbons (Fsp3) is 0.643. The zero-order valence-electron chi connectivity index (χ0n) is 31.6. The molecule has 0 bridgehead atoms. The number of aliphatic hydroxyl groups excluding tert-OH is 4. The quantitative estimate of drug-likeness (QED) is 0.0415. The van der Waals surface area contributed by atoms with Crippen LogP contribution in [-0.4, -0.2) is 127 Å². The smallest absolute Gasteiger partial charge is 0.469 e. The molecule has 12 N–H and O–H groups in total. The largest absolute Gasteiger partial charge is 0.756 e. The first-order valence-corrected chi connectivity index (χ1v) is 22.4. The van der Waals surface area contributed by atoms with Crippen LogP contribution in [0.1, 0.15) is 31.7 Å². The Morgan fingerprint density at radius 3 is 1.44 bits per heavy atom. The van der Waals surface area contributed by atoms with Gasteiger partial charge in [0.25, 0.3) is 38.0 Å². The molecular formula is C28H41N10O20P3.